The average Bonchev–Trinajstić information content (AvgIpc) is 3.34. The van der Waals surface area contributed by atoms with E-state index < -0.39 is 9.84 Å². The highest BCUT2D eigenvalue weighted by Crippen LogP contribution is 2.33. The van der Waals surface area contributed by atoms with Crippen LogP contribution in [0, 0.1) is 0 Å². The Morgan fingerprint density at radius 1 is 0.914 bits per heavy atom. The van der Waals surface area contributed by atoms with Gasteiger partial charge in [-0.3, -0.25) is 0 Å². The summed E-state index contributed by atoms with van der Waals surface area (Å²) in [6, 6.07) is 21.1. The van der Waals surface area contributed by atoms with Crippen LogP contribution in [0.15, 0.2) is 82.7 Å². The van der Waals surface area contributed by atoms with Gasteiger partial charge < -0.3 is 14.8 Å². The fourth-order valence-corrected chi connectivity index (χ4v) is 5.21. The minimum absolute atomic E-state index is 0.130. The topological polar surface area (TPSA) is 108 Å². The SMILES string of the molecule is COc1ccc([C@H](C)Nc2nc3c(S(=O)(=O)c4ccccc4)nnn3c3ccccc23)cc1OC. The van der Waals surface area contributed by atoms with Crippen LogP contribution in [0.2, 0.25) is 0 Å². The van der Waals surface area contributed by atoms with Crippen molar-refractivity contribution in [3.05, 3.63) is 78.4 Å². The lowest BCUT2D eigenvalue weighted by molar-refractivity contribution is 0.354. The van der Waals surface area contributed by atoms with Crippen LogP contribution in [0.1, 0.15) is 18.5 Å². The zero-order valence-electron chi connectivity index (χ0n) is 19.3. The molecule has 0 aliphatic carbocycles. The summed E-state index contributed by atoms with van der Waals surface area (Å²) in [6.07, 6.45) is 0. The predicted molar refractivity (Wildman–Crippen MR) is 132 cm³/mol. The van der Waals surface area contributed by atoms with Crippen molar-refractivity contribution in [1.82, 2.24) is 19.8 Å². The minimum atomic E-state index is -3.92. The number of rotatable bonds is 7. The number of methoxy groups -OCH3 is 2. The van der Waals surface area contributed by atoms with E-state index in [0.29, 0.717) is 22.8 Å². The predicted octanol–water partition coefficient (Wildman–Crippen LogP) is 4.30. The minimum Gasteiger partial charge on any atom is -0.493 e. The lowest BCUT2D eigenvalue weighted by Crippen LogP contribution is -2.11. The van der Waals surface area contributed by atoms with E-state index in [0.717, 1.165) is 10.9 Å². The van der Waals surface area contributed by atoms with Crippen LogP contribution in [0.3, 0.4) is 0 Å². The summed E-state index contributed by atoms with van der Waals surface area (Å²) >= 11 is 0. The lowest BCUT2D eigenvalue weighted by Gasteiger charge is -2.18. The second kappa shape index (κ2) is 8.88. The molecule has 0 unspecified atom stereocenters. The average molecular weight is 490 g/mol. The fraction of sp³-hybridized carbons (Fsp3) is 0.160. The molecule has 2 aromatic heterocycles. The van der Waals surface area contributed by atoms with Crippen LogP contribution < -0.4 is 14.8 Å². The van der Waals surface area contributed by atoms with Crippen LogP contribution >= 0.6 is 0 Å². The molecule has 0 fully saturated rings. The summed E-state index contributed by atoms with van der Waals surface area (Å²) in [6.45, 7) is 1.98. The molecule has 0 aliphatic heterocycles. The molecule has 0 amide bonds. The van der Waals surface area contributed by atoms with E-state index >= 15 is 0 Å². The molecule has 9 nitrogen and oxygen atoms in total. The van der Waals surface area contributed by atoms with Crippen LogP contribution in [0.25, 0.3) is 16.6 Å². The van der Waals surface area contributed by atoms with E-state index in [-0.39, 0.29) is 21.6 Å². The Labute approximate surface area is 202 Å². The molecule has 0 spiro atoms. The summed E-state index contributed by atoms with van der Waals surface area (Å²) in [5.74, 6) is 1.76. The van der Waals surface area contributed by atoms with E-state index in [1.165, 1.54) is 16.6 Å². The molecule has 1 N–H and O–H groups in total. The van der Waals surface area contributed by atoms with Crippen molar-refractivity contribution in [3.63, 3.8) is 0 Å². The van der Waals surface area contributed by atoms with Gasteiger partial charge in [0.25, 0.3) is 0 Å². The molecule has 35 heavy (non-hydrogen) atoms. The monoisotopic (exact) mass is 489 g/mol. The quantitative estimate of drug-likeness (QED) is 0.361. The van der Waals surface area contributed by atoms with Crippen molar-refractivity contribution in [2.45, 2.75) is 22.9 Å². The number of nitrogens with zero attached hydrogens (tertiary/aromatic N) is 4. The molecule has 0 aliphatic rings. The first kappa shape index (κ1) is 22.6. The molecule has 0 saturated heterocycles. The van der Waals surface area contributed by atoms with Gasteiger partial charge in [0, 0.05) is 5.39 Å². The Morgan fingerprint density at radius 3 is 2.37 bits per heavy atom. The number of fused-ring (bicyclic) bond motifs is 3. The standard InChI is InChI=1S/C25H23N5O4S/c1-16(17-13-14-21(33-2)22(15-17)34-3)26-23-19-11-7-8-12-20(19)30-24(27-23)25(28-29-30)35(31,32)18-9-5-4-6-10-18/h4-16H,1-3H3,(H,26,27)/t16-/m0/s1. The van der Waals surface area contributed by atoms with E-state index in [1.807, 2.05) is 49.4 Å². The van der Waals surface area contributed by atoms with Crippen LogP contribution in [-0.2, 0) is 9.84 Å². The van der Waals surface area contributed by atoms with Gasteiger partial charge in [0.05, 0.1) is 30.7 Å². The summed E-state index contributed by atoms with van der Waals surface area (Å²) in [5, 5.41) is 12.1. The zero-order valence-corrected chi connectivity index (χ0v) is 20.2. The Kier molecular flexibility index (Phi) is 5.73. The van der Waals surface area contributed by atoms with E-state index in [2.05, 4.69) is 20.6 Å². The number of benzene rings is 3. The van der Waals surface area contributed by atoms with Gasteiger partial charge in [-0.1, -0.05) is 41.6 Å². The summed E-state index contributed by atoms with van der Waals surface area (Å²) in [5.41, 5.74) is 1.77. The fourth-order valence-electron chi connectivity index (χ4n) is 3.95. The molecular formula is C25H23N5O4S. The maximum atomic E-state index is 13.3. The van der Waals surface area contributed by atoms with Gasteiger partial charge in [0.15, 0.2) is 17.1 Å². The highest BCUT2D eigenvalue weighted by molar-refractivity contribution is 7.91. The zero-order chi connectivity index (χ0) is 24.6. The number of aromatic nitrogens is 4. The smallest absolute Gasteiger partial charge is 0.229 e. The number of sulfone groups is 1. The number of hydrogen-bond acceptors (Lipinski definition) is 8. The van der Waals surface area contributed by atoms with Crippen LogP contribution in [0.5, 0.6) is 11.5 Å². The second-order valence-electron chi connectivity index (χ2n) is 7.90. The van der Waals surface area contributed by atoms with E-state index in [9.17, 15) is 8.42 Å². The third-order valence-electron chi connectivity index (χ3n) is 5.79. The molecule has 3 aromatic carbocycles. The highest BCUT2D eigenvalue weighted by Gasteiger charge is 2.27. The van der Waals surface area contributed by atoms with Crippen LogP contribution in [0.4, 0.5) is 5.82 Å². The van der Waals surface area contributed by atoms with E-state index in [1.54, 1.807) is 32.4 Å². The molecule has 5 rings (SSSR count). The first-order valence-electron chi connectivity index (χ1n) is 10.9. The molecule has 2 heterocycles. The molecule has 5 aromatic rings. The van der Waals surface area contributed by atoms with Crippen molar-refractivity contribution < 1.29 is 17.9 Å². The van der Waals surface area contributed by atoms with Crippen LogP contribution in [-0.4, -0.2) is 42.4 Å². The Hall–Kier alpha value is -4.18. The molecule has 0 radical (unpaired) electrons. The first-order valence-corrected chi connectivity index (χ1v) is 12.3. The molecule has 1 atom stereocenters. The molecular weight excluding hydrogens is 466 g/mol. The van der Waals surface area contributed by atoms with Crippen molar-refractivity contribution in [2.75, 3.05) is 19.5 Å². The van der Waals surface area contributed by atoms with Gasteiger partial charge in [-0.2, -0.15) is 4.52 Å². The molecule has 0 saturated carbocycles. The summed E-state index contributed by atoms with van der Waals surface area (Å²) in [4.78, 5) is 4.82. The number of ether oxygens (including phenoxy) is 2. The third kappa shape index (κ3) is 3.91. The van der Waals surface area contributed by atoms with Gasteiger partial charge in [-0.15, -0.1) is 5.10 Å². The molecule has 0 bridgehead atoms. The number of nitrogens with one attached hydrogen (secondary N) is 1. The molecule has 178 valence electrons. The van der Waals surface area contributed by atoms with Gasteiger partial charge in [-0.05, 0) is 48.9 Å². The van der Waals surface area contributed by atoms with Crippen molar-refractivity contribution in [3.8, 4) is 11.5 Å². The maximum Gasteiger partial charge on any atom is 0.229 e. The normalized spacial score (nSPS) is 12.5. The number of anilines is 1. The summed E-state index contributed by atoms with van der Waals surface area (Å²) in [7, 11) is -0.744. The molecule has 10 heteroatoms. The van der Waals surface area contributed by atoms with Gasteiger partial charge in [0.2, 0.25) is 14.9 Å². The number of hydrogen-bond donors (Lipinski definition) is 1. The summed E-state index contributed by atoms with van der Waals surface area (Å²) < 4.78 is 38.9. The maximum absolute atomic E-state index is 13.3. The second-order valence-corrected chi connectivity index (χ2v) is 9.77. The Morgan fingerprint density at radius 2 is 1.63 bits per heavy atom. The van der Waals surface area contributed by atoms with Crippen molar-refractivity contribution in [2.24, 2.45) is 0 Å². The van der Waals surface area contributed by atoms with Gasteiger partial charge >= 0.3 is 0 Å². The highest BCUT2D eigenvalue weighted by atomic mass is 32.2. The first-order chi connectivity index (χ1) is 16.9. The Balaban J connectivity index is 1.64. The van der Waals surface area contributed by atoms with Gasteiger partial charge in [-0.25, -0.2) is 13.4 Å². The van der Waals surface area contributed by atoms with E-state index in [4.69, 9.17) is 9.47 Å². The third-order valence-corrected chi connectivity index (χ3v) is 7.46. The Bertz CT molecular complexity index is 1630. The van der Waals surface area contributed by atoms with Crippen molar-refractivity contribution in [1.29, 1.82) is 0 Å². The largest absolute Gasteiger partial charge is 0.493 e. The lowest BCUT2D eigenvalue weighted by atomic mass is 10.1. The van der Waals surface area contributed by atoms with Gasteiger partial charge in [0.1, 0.15) is 5.82 Å². The van der Waals surface area contributed by atoms with Crippen molar-refractivity contribution >= 4 is 32.2 Å². The number of para-hydroxylation sites is 1.